The summed E-state index contributed by atoms with van der Waals surface area (Å²) >= 11 is 0. The van der Waals surface area contributed by atoms with E-state index in [1.165, 1.54) is 17.2 Å². The maximum Gasteiger partial charge on any atom is 0.282 e. The first-order chi connectivity index (χ1) is 18.6. The van der Waals surface area contributed by atoms with Gasteiger partial charge in [-0.3, -0.25) is 13.9 Å². The first-order valence-corrected chi connectivity index (χ1v) is 12.3. The van der Waals surface area contributed by atoms with Gasteiger partial charge in [0.2, 0.25) is 0 Å². The van der Waals surface area contributed by atoms with Gasteiger partial charge >= 0.3 is 0 Å². The number of fused-ring (bicyclic) bond motifs is 1. The molecule has 0 radical (unpaired) electrons. The zero-order chi connectivity index (χ0) is 26.3. The predicted octanol–water partition coefficient (Wildman–Crippen LogP) is 2.04. The normalized spacial score (nSPS) is 21.7. The van der Waals surface area contributed by atoms with Crippen LogP contribution in [0, 0.1) is 0 Å². The first kappa shape index (κ1) is 24.2. The van der Waals surface area contributed by atoms with Crippen molar-refractivity contribution in [2.45, 2.75) is 30.1 Å². The topological polar surface area (TPSA) is 123 Å². The summed E-state index contributed by atoms with van der Waals surface area (Å²) < 4.78 is 8.66. The summed E-state index contributed by atoms with van der Waals surface area (Å²) in [5, 5.41) is 30.3. The van der Waals surface area contributed by atoms with Crippen LogP contribution in [0.2, 0.25) is 0 Å². The lowest BCUT2D eigenvalue weighted by Crippen LogP contribution is -2.44. The number of imidazole rings is 1. The van der Waals surface area contributed by atoms with E-state index in [0.29, 0.717) is 0 Å². The second-order valence-electron chi connectivity index (χ2n) is 9.28. The molecular weight excluding hydrogens is 484 g/mol. The van der Waals surface area contributed by atoms with E-state index < -0.39 is 42.2 Å². The van der Waals surface area contributed by atoms with Crippen molar-refractivity contribution in [2.24, 2.45) is 0 Å². The molecule has 1 aliphatic heterocycles. The Bertz CT molecular complexity index is 1510. The molecule has 0 unspecified atom stereocenters. The molecule has 0 saturated carbocycles. The lowest BCUT2D eigenvalue weighted by atomic mass is 9.76. The quantitative estimate of drug-likeness (QED) is 0.299. The van der Waals surface area contributed by atoms with E-state index in [-0.39, 0.29) is 11.2 Å². The van der Waals surface area contributed by atoms with E-state index >= 15 is 0 Å². The number of aliphatic hydroxyl groups excluding tert-OH is 3. The Morgan fingerprint density at radius 2 is 1.29 bits per heavy atom. The molecule has 5 aromatic rings. The van der Waals surface area contributed by atoms with Gasteiger partial charge < -0.3 is 20.1 Å². The highest BCUT2D eigenvalue weighted by Crippen LogP contribution is 2.40. The minimum absolute atomic E-state index is 0.0809. The Morgan fingerprint density at radius 1 is 0.763 bits per heavy atom. The van der Waals surface area contributed by atoms with E-state index in [1.54, 1.807) is 4.57 Å². The molecule has 2 aromatic heterocycles. The molecule has 0 aliphatic carbocycles. The molecule has 3 heterocycles. The average molecular weight is 511 g/mol. The Kier molecular flexibility index (Phi) is 6.13. The van der Waals surface area contributed by atoms with Crippen molar-refractivity contribution in [3.8, 4) is 0 Å². The van der Waals surface area contributed by atoms with Crippen molar-refractivity contribution in [2.75, 3.05) is 6.61 Å². The third-order valence-electron chi connectivity index (χ3n) is 7.21. The molecule has 0 bridgehead atoms. The molecule has 38 heavy (non-hydrogen) atoms. The van der Waals surface area contributed by atoms with Gasteiger partial charge in [0, 0.05) is 0 Å². The first-order valence-electron chi connectivity index (χ1n) is 12.3. The van der Waals surface area contributed by atoms with Crippen molar-refractivity contribution in [1.82, 2.24) is 19.1 Å². The summed E-state index contributed by atoms with van der Waals surface area (Å²) in [4.78, 5) is 23.2. The van der Waals surface area contributed by atoms with Gasteiger partial charge in [0.1, 0.15) is 30.2 Å². The third-order valence-corrected chi connectivity index (χ3v) is 7.21. The number of nitrogens with zero attached hydrogens (tertiary/aromatic N) is 4. The van der Waals surface area contributed by atoms with Crippen molar-refractivity contribution in [3.63, 3.8) is 0 Å². The minimum atomic E-state index is -1.33. The lowest BCUT2D eigenvalue weighted by molar-refractivity contribution is -0.0511. The standard InChI is InChI=1S/C29H26N4O5/c34-16-22-24(35)25(36)28(38-22)32-17-30-23-26(32)31-18-33(27(23)37)29(19-10-4-1-5-11-19,20-12-6-2-7-13-20)21-14-8-3-9-15-21/h1-15,17-18,22,24-25,28,34-36H,16H2/t22-,24-,25-,28-/m1/s1. The van der Waals surface area contributed by atoms with Crippen molar-refractivity contribution in [1.29, 1.82) is 0 Å². The fourth-order valence-corrected chi connectivity index (χ4v) is 5.40. The third kappa shape index (κ3) is 3.59. The zero-order valence-corrected chi connectivity index (χ0v) is 20.3. The predicted molar refractivity (Wildman–Crippen MR) is 139 cm³/mol. The molecule has 4 atom stereocenters. The number of ether oxygens (including phenoxy) is 1. The Morgan fingerprint density at radius 3 is 1.76 bits per heavy atom. The van der Waals surface area contributed by atoms with E-state index in [9.17, 15) is 20.1 Å². The molecule has 0 amide bonds. The lowest BCUT2D eigenvalue weighted by Gasteiger charge is -2.37. The highest BCUT2D eigenvalue weighted by Gasteiger charge is 2.45. The Balaban J connectivity index is 1.62. The second kappa shape index (κ2) is 9.62. The molecule has 6 rings (SSSR count). The largest absolute Gasteiger partial charge is 0.394 e. The molecule has 3 N–H and O–H groups in total. The highest BCUT2D eigenvalue weighted by atomic mass is 16.6. The van der Waals surface area contributed by atoms with E-state index in [2.05, 4.69) is 9.97 Å². The number of hydrogen-bond donors (Lipinski definition) is 3. The molecule has 9 heteroatoms. The number of hydrogen-bond acceptors (Lipinski definition) is 7. The van der Waals surface area contributed by atoms with E-state index in [4.69, 9.17) is 4.74 Å². The monoisotopic (exact) mass is 510 g/mol. The summed E-state index contributed by atoms with van der Waals surface area (Å²) in [6.45, 7) is -0.463. The Labute approximate surface area is 217 Å². The molecule has 1 aliphatic rings. The molecule has 1 saturated heterocycles. The summed E-state index contributed by atoms with van der Waals surface area (Å²) in [5.74, 6) is 0. The number of benzene rings is 3. The Hall–Kier alpha value is -4.15. The maximum absolute atomic E-state index is 14.2. The summed E-state index contributed by atoms with van der Waals surface area (Å²) in [6.07, 6.45) is -1.79. The molecule has 9 nitrogen and oxygen atoms in total. The SMILES string of the molecule is O=c1c2ncn([C@@H]3O[C@H](CO)[C@@H](O)[C@H]3O)c2ncn1C(c1ccccc1)(c1ccccc1)c1ccccc1. The minimum Gasteiger partial charge on any atom is -0.394 e. The number of aliphatic hydroxyl groups is 3. The van der Waals surface area contributed by atoms with Gasteiger partial charge in [-0.05, 0) is 16.7 Å². The fourth-order valence-electron chi connectivity index (χ4n) is 5.40. The van der Waals surface area contributed by atoms with Gasteiger partial charge in [-0.1, -0.05) is 91.0 Å². The van der Waals surface area contributed by atoms with Gasteiger partial charge in [0.15, 0.2) is 17.4 Å². The van der Waals surface area contributed by atoms with Crippen LogP contribution in [0.25, 0.3) is 11.2 Å². The average Bonchev–Trinajstić information content (AvgIpc) is 3.53. The van der Waals surface area contributed by atoms with Crippen LogP contribution in [-0.4, -0.2) is 59.3 Å². The van der Waals surface area contributed by atoms with Gasteiger partial charge in [0.25, 0.3) is 5.56 Å². The van der Waals surface area contributed by atoms with Crippen LogP contribution in [0.15, 0.2) is 108 Å². The van der Waals surface area contributed by atoms with E-state index in [1.807, 2.05) is 91.0 Å². The molecular formula is C29H26N4O5. The maximum atomic E-state index is 14.2. The summed E-state index contributed by atoms with van der Waals surface area (Å²) in [6, 6.07) is 29.3. The number of rotatable bonds is 6. The van der Waals surface area contributed by atoms with Gasteiger partial charge in [-0.25, -0.2) is 9.97 Å². The fraction of sp³-hybridized carbons (Fsp3) is 0.207. The number of aromatic nitrogens is 4. The van der Waals surface area contributed by atoms with Crippen molar-refractivity contribution < 1.29 is 20.1 Å². The van der Waals surface area contributed by atoms with E-state index in [0.717, 1.165) is 16.7 Å². The van der Waals surface area contributed by atoms with Crippen LogP contribution in [0.5, 0.6) is 0 Å². The smallest absolute Gasteiger partial charge is 0.282 e. The second-order valence-corrected chi connectivity index (χ2v) is 9.28. The summed E-state index contributed by atoms with van der Waals surface area (Å²) in [5.41, 5.74) is 1.42. The van der Waals surface area contributed by atoms with Crippen LogP contribution >= 0.6 is 0 Å². The van der Waals surface area contributed by atoms with Crippen LogP contribution in [0.3, 0.4) is 0 Å². The molecule has 3 aromatic carbocycles. The van der Waals surface area contributed by atoms with Crippen LogP contribution in [-0.2, 0) is 10.3 Å². The zero-order valence-electron chi connectivity index (χ0n) is 20.3. The van der Waals surface area contributed by atoms with Crippen LogP contribution < -0.4 is 5.56 Å². The summed E-state index contributed by atoms with van der Waals surface area (Å²) in [7, 11) is 0. The van der Waals surface area contributed by atoms with Gasteiger partial charge in [-0.2, -0.15) is 0 Å². The highest BCUT2D eigenvalue weighted by molar-refractivity contribution is 5.70. The molecule has 0 spiro atoms. The van der Waals surface area contributed by atoms with Crippen molar-refractivity contribution >= 4 is 11.2 Å². The van der Waals surface area contributed by atoms with Gasteiger partial charge in [-0.15, -0.1) is 0 Å². The van der Waals surface area contributed by atoms with Gasteiger partial charge in [0.05, 0.1) is 12.9 Å². The molecule has 192 valence electrons. The van der Waals surface area contributed by atoms with Crippen LogP contribution in [0.1, 0.15) is 22.9 Å². The van der Waals surface area contributed by atoms with Crippen LogP contribution in [0.4, 0.5) is 0 Å². The molecule has 1 fully saturated rings. The van der Waals surface area contributed by atoms with Crippen molar-refractivity contribution in [3.05, 3.63) is 131 Å².